The van der Waals surface area contributed by atoms with E-state index in [-0.39, 0.29) is 11.1 Å². The van der Waals surface area contributed by atoms with Crippen LogP contribution in [0.1, 0.15) is 24.1 Å². The summed E-state index contributed by atoms with van der Waals surface area (Å²) in [4.78, 5) is 0. The van der Waals surface area contributed by atoms with Crippen molar-refractivity contribution in [2.75, 3.05) is 0 Å². The zero-order valence-corrected chi connectivity index (χ0v) is 7.01. The summed E-state index contributed by atoms with van der Waals surface area (Å²) in [5, 5.41) is 8.45. The Morgan fingerprint density at radius 3 is 2.54 bits per heavy atom. The number of nitrogens with zero attached hydrogens (tertiary/aromatic N) is 1. The minimum atomic E-state index is -0.737. The van der Waals surface area contributed by atoms with Crippen LogP contribution in [0.15, 0.2) is 12.1 Å². The van der Waals surface area contributed by atoms with Crippen LogP contribution in [-0.4, -0.2) is 0 Å². The van der Waals surface area contributed by atoms with Gasteiger partial charge < -0.3 is 5.73 Å². The molecule has 0 aliphatic heterocycles. The highest BCUT2D eigenvalue weighted by atomic mass is 19.1. The van der Waals surface area contributed by atoms with Gasteiger partial charge in [-0.05, 0) is 19.1 Å². The second-order valence-corrected chi connectivity index (χ2v) is 2.76. The van der Waals surface area contributed by atoms with Gasteiger partial charge in [-0.25, -0.2) is 8.78 Å². The van der Waals surface area contributed by atoms with E-state index < -0.39 is 17.7 Å². The highest BCUT2D eigenvalue weighted by Crippen LogP contribution is 2.19. The Hall–Kier alpha value is -1.47. The number of hydrogen-bond donors (Lipinski definition) is 1. The van der Waals surface area contributed by atoms with Crippen molar-refractivity contribution < 1.29 is 8.78 Å². The number of halogens is 2. The van der Waals surface area contributed by atoms with Gasteiger partial charge in [-0.1, -0.05) is 0 Å². The van der Waals surface area contributed by atoms with E-state index in [0.29, 0.717) is 0 Å². The summed E-state index contributed by atoms with van der Waals surface area (Å²) in [5.41, 5.74) is 5.10. The van der Waals surface area contributed by atoms with Crippen molar-refractivity contribution in [3.05, 3.63) is 34.9 Å². The van der Waals surface area contributed by atoms with Gasteiger partial charge in [0.15, 0.2) is 0 Å². The third-order valence-corrected chi connectivity index (χ3v) is 1.68. The van der Waals surface area contributed by atoms with E-state index in [0.717, 1.165) is 12.1 Å². The van der Waals surface area contributed by atoms with E-state index >= 15 is 0 Å². The molecule has 2 nitrogen and oxygen atoms in total. The number of nitrogens with two attached hydrogens (primary N) is 1. The molecule has 1 rings (SSSR count). The number of benzene rings is 1. The van der Waals surface area contributed by atoms with Gasteiger partial charge in [-0.15, -0.1) is 0 Å². The third-order valence-electron chi connectivity index (χ3n) is 1.68. The molecule has 68 valence electrons. The Bertz CT molecular complexity index is 367. The highest BCUT2D eigenvalue weighted by Gasteiger charge is 2.13. The molecule has 1 atom stereocenters. The molecule has 0 saturated carbocycles. The van der Waals surface area contributed by atoms with Gasteiger partial charge in [0.25, 0.3) is 0 Å². The van der Waals surface area contributed by atoms with Crippen molar-refractivity contribution in [3.8, 4) is 6.07 Å². The lowest BCUT2D eigenvalue weighted by molar-refractivity contribution is 0.568. The topological polar surface area (TPSA) is 49.8 Å². The van der Waals surface area contributed by atoms with E-state index in [1.165, 1.54) is 6.92 Å². The largest absolute Gasteiger partial charge is 0.324 e. The molecule has 0 aliphatic carbocycles. The first-order chi connectivity index (χ1) is 6.06. The van der Waals surface area contributed by atoms with Crippen molar-refractivity contribution in [2.24, 2.45) is 5.73 Å². The predicted molar refractivity (Wildman–Crippen MR) is 43.7 cm³/mol. The lowest BCUT2D eigenvalue weighted by Gasteiger charge is -2.07. The normalized spacial score (nSPS) is 12.2. The van der Waals surface area contributed by atoms with Gasteiger partial charge in [0.05, 0.1) is 5.56 Å². The lowest BCUT2D eigenvalue weighted by atomic mass is 10.0. The van der Waals surface area contributed by atoms with Gasteiger partial charge in [0, 0.05) is 11.6 Å². The van der Waals surface area contributed by atoms with Crippen LogP contribution in [-0.2, 0) is 0 Å². The Kier molecular flexibility index (Phi) is 2.59. The molecule has 13 heavy (non-hydrogen) atoms. The quantitative estimate of drug-likeness (QED) is 0.720. The maximum atomic E-state index is 13.2. The average Bonchev–Trinajstić information content (AvgIpc) is 2.08. The molecule has 0 amide bonds. The molecule has 0 fully saturated rings. The van der Waals surface area contributed by atoms with E-state index in [4.69, 9.17) is 11.0 Å². The third kappa shape index (κ3) is 1.82. The molecule has 0 aliphatic rings. The standard InChI is InChI=1S/C9H8F2N2/c1-5(13)8-3-7(10)2-6(4-12)9(8)11/h2-3,5H,13H2,1H3/t5-/m1/s1. The van der Waals surface area contributed by atoms with Crippen LogP contribution in [0.4, 0.5) is 8.78 Å². The second-order valence-electron chi connectivity index (χ2n) is 2.76. The molecular formula is C9H8F2N2. The van der Waals surface area contributed by atoms with Gasteiger partial charge in [0.1, 0.15) is 17.7 Å². The molecule has 0 heterocycles. The van der Waals surface area contributed by atoms with Crippen molar-refractivity contribution >= 4 is 0 Å². The molecule has 0 radical (unpaired) electrons. The first-order valence-electron chi connectivity index (χ1n) is 3.71. The summed E-state index contributed by atoms with van der Waals surface area (Å²) in [6, 6.07) is 2.79. The molecule has 0 aromatic heterocycles. The van der Waals surface area contributed by atoms with Crippen LogP contribution < -0.4 is 5.73 Å². The molecule has 2 N–H and O–H groups in total. The highest BCUT2D eigenvalue weighted by molar-refractivity contribution is 5.36. The van der Waals surface area contributed by atoms with Gasteiger partial charge >= 0.3 is 0 Å². The number of nitriles is 1. The SMILES string of the molecule is C[C@@H](N)c1cc(F)cc(C#N)c1F. The first kappa shape index (κ1) is 9.62. The maximum Gasteiger partial charge on any atom is 0.145 e. The molecule has 4 heteroatoms. The van der Waals surface area contributed by atoms with Crippen molar-refractivity contribution in [1.29, 1.82) is 5.26 Å². The van der Waals surface area contributed by atoms with E-state index in [1.807, 2.05) is 0 Å². The van der Waals surface area contributed by atoms with E-state index in [1.54, 1.807) is 6.07 Å². The Morgan fingerprint density at radius 2 is 2.08 bits per heavy atom. The fraction of sp³-hybridized carbons (Fsp3) is 0.222. The average molecular weight is 182 g/mol. The summed E-state index contributed by atoms with van der Waals surface area (Å²) in [6.07, 6.45) is 0. The summed E-state index contributed by atoms with van der Waals surface area (Å²) in [7, 11) is 0. The Morgan fingerprint density at radius 1 is 1.46 bits per heavy atom. The van der Waals surface area contributed by atoms with Gasteiger partial charge in [0.2, 0.25) is 0 Å². The Labute approximate surface area is 74.6 Å². The fourth-order valence-corrected chi connectivity index (χ4v) is 1.02. The minimum Gasteiger partial charge on any atom is -0.324 e. The minimum absolute atomic E-state index is 0.0246. The van der Waals surface area contributed by atoms with Crippen LogP contribution in [0.25, 0.3) is 0 Å². The summed E-state index contributed by atoms with van der Waals surface area (Å²) >= 11 is 0. The van der Waals surface area contributed by atoms with Crippen LogP contribution in [0.5, 0.6) is 0 Å². The number of rotatable bonds is 1. The molecular weight excluding hydrogens is 174 g/mol. The molecule has 1 aromatic rings. The van der Waals surface area contributed by atoms with Crippen molar-refractivity contribution in [1.82, 2.24) is 0 Å². The maximum absolute atomic E-state index is 13.2. The zero-order chi connectivity index (χ0) is 10.0. The van der Waals surface area contributed by atoms with Crippen molar-refractivity contribution in [2.45, 2.75) is 13.0 Å². The molecule has 1 aromatic carbocycles. The lowest BCUT2D eigenvalue weighted by Crippen LogP contribution is -2.09. The molecule has 0 bridgehead atoms. The van der Waals surface area contributed by atoms with E-state index in [9.17, 15) is 8.78 Å². The predicted octanol–water partition coefficient (Wildman–Crippen LogP) is 1.86. The van der Waals surface area contributed by atoms with Gasteiger partial charge in [-0.2, -0.15) is 5.26 Å². The van der Waals surface area contributed by atoms with E-state index in [2.05, 4.69) is 0 Å². The summed E-state index contributed by atoms with van der Waals surface area (Å²) in [5.74, 6) is -1.39. The molecule has 0 unspecified atom stereocenters. The van der Waals surface area contributed by atoms with Crippen LogP contribution in [0, 0.1) is 23.0 Å². The Balaban J connectivity index is 3.38. The number of hydrogen-bond acceptors (Lipinski definition) is 2. The van der Waals surface area contributed by atoms with Crippen LogP contribution in [0.3, 0.4) is 0 Å². The molecule has 0 saturated heterocycles. The zero-order valence-electron chi connectivity index (χ0n) is 7.01. The fourth-order valence-electron chi connectivity index (χ4n) is 1.02. The van der Waals surface area contributed by atoms with Crippen LogP contribution in [0.2, 0.25) is 0 Å². The van der Waals surface area contributed by atoms with Crippen molar-refractivity contribution in [3.63, 3.8) is 0 Å². The van der Waals surface area contributed by atoms with Gasteiger partial charge in [-0.3, -0.25) is 0 Å². The summed E-state index contributed by atoms with van der Waals surface area (Å²) < 4.78 is 26.0. The monoisotopic (exact) mass is 182 g/mol. The first-order valence-corrected chi connectivity index (χ1v) is 3.71. The second kappa shape index (κ2) is 3.50. The summed E-state index contributed by atoms with van der Waals surface area (Å²) in [6.45, 7) is 1.53. The van der Waals surface area contributed by atoms with Crippen LogP contribution >= 0.6 is 0 Å². The smallest absolute Gasteiger partial charge is 0.145 e. The molecule has 0 spiro atoms.